The van der Waals surface area contributed by atoms with Crippen LogP contribution in [0.15, 0.2) is 42.5 Å². The van der Waals surface area contributed by atoms with E-state index in [2.05, 4.69) is 30.0 Å². The molecule has 2 aromatic rings. The summed E-state index contributed by atoms with van der Waals surface area (Å²) in [4.78, 5) is 24.2. The van der Waals surface area contributed by atoms with Crippen LogP contribution in [-0.4, -0.2) is 23.3 Å². The Kier molecular flexibility index (Phi) is 7.53. The van der Waals surface area contributed by atoms with Gasteiger partial charge >= 0.3 is 0 Å². The van der Waals surface area contributed by atoms with E-state index in [0.29, 0.717) is 16.6 Å². The molecule has 0 aliphatic rings. The predicted molar refractivity (Wildman–Crippen MR) is 109 cm³/mol. The van der Waals surface area contributed by atoms with Crippen molar-refractivity contribution in [1.29, 1.82) is 0 Å². The molecule has 0 bridgehead atoms. The Morgan fingerprint density at radius 2 is 1.73 bits per heavy atom. The SMILES string of the molecule is CC(C)CCNC(=S)NNC(=O)CCC(=O)c1ccc2ccccc2c1. The molecular formula is C20H25N3O2S. The molecule has 0 aromatic heterocycles. The summed E-state index contributed by atoms with van der Waals surface area (Å²) < 4.78 is 0. The fourth-order valence-electron chi connectivity index (χ4n) is 2.44. The summed E-state index contributed by atoms with van der Waals surface area (Å²) in [7, 11) is 0. The van der Waals surface area contributed by atoms with Gasteiger partial charge < -0.3 is 5.32 Å². The molecule has 0 unspecified atom stereocenters. The second-order valence-corrected chi connectivity index (χ2v) is 7.00. The first-order chi connectivity index (χ1) is 12.5. The van der Waals surface area contributed by atoms with Crippen LogP contribution >= 0.6 is 12.2 Å². The molecule has 138 valence electrons. The quantitative estimate of drug-likeness (QED) is 0.396. The topological polar surface area (TPSA) is 70.2 Å². The number of hydrogen-bond donors (Lipinski definition) is 3. The molecule has 6 heteroatoms. The van der Waals surface area contributed by atoms with Crippen LogP contribution in [0, 0.1) is 5.92 Å². The molecule has 0 saturated carbocycles. The Bertz CT molecular complexity index is 789. The summed E-state index contributed by atoms with van der Waals surface area (Å²) in [5, 5.41) is 5.49. The monoisotopic (exact) mass is 371 g/mol. The van der Waals surface area contributed by atoms with Crippen LogP contribution in [0.4, 0.5) is 0 Å². The minimum atomic E-state index is -0.271. The molecule has 0 spiro atoms. The Labute approximate surface area is 159 Å². The molecular weight excluding hydrogens is 346 g/mol. The van der Waals surface area contributed by atoms with Crippen molar-refractivity contribution in [3.63, 3.8) is 0 Å². The zero-order chi connectivity index (χ0) is 18.9. The van der Waals surface area contributed by atoms with Gasteiger partial charge in [0.1, 0.15) is 0 Å². The molecule has 2 aromatic carbocycles. The number of Topliss-reactive ketones (excluding diaryl/α,β-unsaturated/α-hetero) is 1. The summed E-state index contributed by atoms with van der Waals surface area (Å²) in [5.41, 5.74) is 5.79. The van der Waals surface area contributed by atoms with E-state index in [4.69, 9.17) is 12.2 Å². The largest absolute Gasteiger partial charge is 0.361 e. The van der Waals surface area contributed by atoms with Crippen LogP contribution in [0.2, 0.25) is 0 Å². The Morgan fingerprint density at radius 1 is 1.00 bits per heavy atom. The van der Waals surface area contributed by atoms with Crippen molar-refractivity contribution in [2.24, 2.45) is 5.92 Å². The van der Waals surface area contributed by atoms with Gasteiger partial charge in [-0.1, -0.05) is 50.2 Å². The number of carbonyl (C=O) groups is 2. The van der Waals surface area contributed by atoms with Gasteiger partial charge in [-0.2, -0.15) is 0 Å². The van der Waals surface area contributed by atoms with Crippen LogP contribution in [-0.2, 0) is 4.79 Å². The molecule has 0 radical (unpaired) electrons. The van der Waals surface area contributed by atoms with Crippen molar-refractivity contribution in [2.45, 2.75) is 33.1 Å². The molecule has 0 aliphatic heterocycles. The van der Waals surface area contributed by atoms with E-state index in [9.17, 15) is 9.59 Å². The standard InChI is InChI=1S/C20H25N3O2S/c1-14(2)11-12-21-20(26)23-22-19(25)10-9-18(24)17-8-7-15-5-3-4-6-16(15)13-17/h3-8,13-14H,9-12H2,1-2H3,(H,22,25)(H2,21,23,26). The third kappa shape index (κ3) is 6.44. The lowest BCUT2D eigenvalue weighted by Crippen LogP contribution is -2.47. The maximum Gasteiger partial charge on any atom is 0.238 e. The number of amides is 1. The maximum atomic E-state index is 12.3. The third-order valence-corrected chi connectivity index (χ3v) is 4.22. The summed E-state index contributed by atoms with van der Waals surface area (Å²) in [5.74, 6) is 0.261. The van der Waals surface area contributed by atoms with Crippen LogP contribution in [0.3, 0.4) is 0 Å². The van der Waals surface area contributed by atoms with Crippen LogP contribution in [0.25, 0.3) is 10.8 Å². The lowest BCUT2D eigenvalue weighted by molar-refractivity contribution is -0.121. The number of hydrazine groups is 1. The highest BCUT2D eigenvalue weighted by atomic mass is 32.1. The van der Waals surface area contributed by atoms with E-state index in [1.807, 2.05) is 36.4 Å². The lowest BCUT2D eigenvalue weighted by Gasteiger charge is -2.12. The van der Waals surface area contributed by atoms with E-state index in [1.54, 1.807) is 6.07 Å². The van der Waals surface area contributed by atoms with Crippen LogP contribution < -0.4 is 16.2 Å². The summed E-state index contributed by atoms with van der Waals surface area (Å²) in [6.45, 7) is 5.01. The minimum Gasteiger partial charge on any atom is -0.361 e. The highest BCUT2D eigenvalue weighted by Crippen LogP contribution is 2.17. The molecule has 0 aliphatic carbocycles. The average Bonchev–Trinajstić information content (AvgIpc) is 2.63. The normalized spacial score (nSPS) is 10.6. The van der Waals surface area contributed by atoms with Gasteiger partial charge in [0.15, 0.2) is 10.9 Å². The average molecular weight is 372 g/mol. The van der Waals surface area contributed by atoms with E-state index in [-0.39, 0.29) is 24.5 Å². The van der Waals surface area contributed by atoms with Crippen molar-refractivity contribution in [2.75, 3.05) is 6.54 Å². The highest BCUT2D eigenvalue weighted by molar-refractivity contribution is 7.80. The van der Waals surface area contributed by atoms with Gasteiger partial charge in [0.05, 0.1) is 0 Å². The van der Waals surface area contributed by atoms with Crippen molar-refractivity contribution in [3.8, 4) is 0 Å². The highest BCUT2D eigenvalue weighted by Gasteiger charge is 2.10. The smallest absolute Gasteiger partial charge is 0.238 e. The first-order valence-corrected chi connectivity index (χ1v) is 9.21. The van der Waals surface area contributed by atoms with Crippen molar-refractivity contribution < 1.29 is 9.59 Å². The van der Waals surface area contributed by atoms with Gasteiger partial charge in [0.2, 0.25) is 5.91 Å². The van der Waals surface area contributed by atoms with E-state index < -0.39 is 0 Å². The van der Waals surface area contributed by atoms with Crippen LogP contribution in [0.1, 0.15) is 43.5 Å². The number of ketones is 1. The molecule has 0 heterocycles. The van der Waals surface area contributed by atoms with E-state index >= 15 is 0 Å². The molecule has 1 amide bonds. The zero-order valence-electron chi connectivity index (χ0n) is 15.2. The second kappa shape index (κ2) is 9.87. The zero-order valence-corrected chi connectivity index (χ0v) is 16.0. The Hall–Kier alpha value is -2.47. The second-order valence-electron chi connectivity index (χ2n) is 6.60. The minimum absolute atomic E-state index is 0.0523. The first kappa shape index (κ1) is 19.8. The third-order valence-electron chi connectivity index (χ3n) is 3.97. The number of nitrogens with one attached hydrogen (secondary N) is 3. The predicted octanol–water partition coefficient (Wildman–Crippen LogP) is 3.34. The molecule has 26 heavy (non-hydrogen) atoms. The van der Waals surface area contributed by atoms with E-state index in [1.165, 1.54) is 0 Å². The number of hydrogen-bond acceptors (Lipinski definition) is 3. The molecule has 0 fully saturated rings. The molecule has 0 atom stereocenters. The fourth-order valence-corrected chi connectivity index (χ4v) is 2.59. The van der Waals surface area contributed by atoms with Crippen molar-refractivity contribution in [1.82, 2.24) is 16.2 Å². The Morgan fingerprint density at radius 3 is 2.46 bits per heavy atom. The van der Waals surface area contributed by atoms with Gasteiger partial charge in [0, 0.05) is 24.9 Å². The number of rotatable bonds is 7. The number of benzene rings is 2. The molecule has 3 N–H and O–H groups in total. The number of fused-ring (bicyclic) bond motifs is 1. The van der Waals surface area contributed by atoms with Gasteiger partial charge in [-0.3, -0.25) is 20.4 Å². The lowest BCUT2D eigenvalue weighted by atomic mass is 10.0. The first-order valence-electron chi connectivity index (χ1n) is 8.80. The molecule has 5 nitrogen and oxygen atoms in total. The summed E-state index contributed by atoms with van der Waals surface area (Å²) in [6, 6.07) is 13.5. The van der Waals surface area contributed by atoms with Crippen molar-refractivity contribution in [3.05, 3.63) is 48.0 Å². The Balaban J connectivity index is 1.74. The fraction of sp³-hybridized carbons (Fsp3) is 0.350. The summed E-state index contributed by atoms with van der Waals surface area (Å²) >= 11 is 5.08. The van der Waals surface area contributed by atoms with Gasteiger partial charge in [0.25, 0.3) is 0 Å². The van der Waals surface area contributed by atoms with E-state index in [0.717, 1.165) is 23.7 Å². The molecule has 0 saturated heterocycles. The van der Waals surface area contributed by atoms with Crippen molar-refractivity contribution >= 4 is 39.8 Å². The summed E-state index contributed by atoms with van der Waals surface area (Å²) in [6.07, 6.45) is 1.25. The number of carbonyl (C=O) groups excluding carboxylic acids is 2. The van der Waals surface area contributed by atoms with Crippen LogP contribution in [0.5, 0.6) is 0 Å². The van der Waals surface area contributed by atoms with Gasteiger partial charge in [-0.25, -0.2) is 0 Å². The van der Waals surface area contributed by atoms with Gasteiger partial charge in [-0.05, 0) is 41.4 Å². The maximum absolute atomic E-state index is 12.3. The number of thiocarbonyl (C=S) groups is 1. The molecule has 2 rings (SSSR count). The van der Waals surface area contributed by atoms with Gasteiger partial charge in [-0.15, -0.1) is 0 Å².